The molecule has 0 saturated heterocycles. The van der Waals surface area contributed by atoms with Gasteiger partial charge in [-0.3, -0.25) is 0 Å². The number of hydrogen-bond donors (Lipinski definition) is 2. The number of benzene rings is 1. The third kappa shape index (κ3) is 1.70. The zero-order chi connectivity index (χ0) is 11.0. The minimum Gasteiger partial charge on any atom is -0.423 e. The molecule has 0 amide bonds. The number of hydrogen-bond acceptors (Lipinski definition) is 2. The van der Waals surface area contributed by atoms with Gasteiger partial charge in [-0.1, -0.05) is 23.2 Å². The Kier molecular flexibility index (Phi) is 3.31. The van der Waals surface area contributed by atoms with Gasteiger partial charge < -0.3 is 10.0 Å². The molecule has 0 saturated carbocycles. The predicted octanol–water partition coefficient (Wildman–Crippen LogP) is 1.09. The molecule has 0 atom stereocenters. The second-order valence-electron chi connectivity index (χ2n) is 2.36. The summed E-state index contributed by atoms with van der Waals surface area (Å²) in [6, 6.07) is 0. The van der Waals surface area contributed by atoms with Crippen LogP contribution in [0.15, 0.2) is 0 Å². The first-order valence-corrected chi connectivity index (χ1v) is 4.01. The van der Waals surface area contributed by atoms with E-state index in [0.29, 0.717) is 0 Å². The van der Waals surface area contributed by atoms with Crippen molar-refractivity contribution < 1.29 is 23.2 Å². The highest BCUT2D eigenvalue weighted by atomic mass is 35.5. The van der Waals surface area contributed by atoms with E-state index in [-0.39, 0.29) is 0 Å². The van der Waals surface area contributed by atoms with E-state index in [1.807, 2.05) is 0 Å². The summed E-state index contributed by atoms with van der Waals surface area (Å²) in [5.74, 6) is -4.64. The summed E-state index contributed by atoms with van der Waals surface area (Å²) >= 11 is 10.2. The maximum atomic E-state index is 13.0. The quantitative estimate of drug-likeness (QED) is 0.441. The Morgan fingerprint density at radius 2 is 1.21 bits per heavy atom. The van der Waals surface area contributed by atoms with Crippen LogP contribution in [-0.2, 0) is 0 Å². The fourth-order valence-electron chi connectivity index (χ4n) is 0.849. The minimum atomic E-state index is -2.45. The van der Waals surface area contributed by atoms with Crippen LogP contribution in [-0.4, -0.2) is 17.2 Å². The summed E-state index contributed by atoms with van der Waals surface area (Å²) in [7, 11) is -2.45. The largest absolute Gasteiger partial charge is 0.494 e. The first-order valence-electron chi connectivity index (χ1n) is 3.25. The summed E-state index contributed by atoms with van der Waals surface area (Å²) in [5, 5.41) is 15.0. The zero-order valence-electron chi connectivity index (χ0n) is 6.36. The fraction of sp³-hybridized carbons (Fsp3) is 0. The molecule has 0 heterocycles. The van der Waals surface area contributed by atoms with Crippen molar-refractivity contribution in [3.8, 4) is 0 Å². The second kappa shape index (κ2) is 3.98. The smallest absolute Gasteiger partial charge is 0.423 e. The van der Waals surface area contributed by atoms with Crippen molar-refractivity contribution in [2.24, 2.45) is 0 Å². The topological polar surface area (TPSA) is 40.5 Å². The van der Waals surface area contributed by atoms with Crippen LogP contribution in [0.1, 0.15) is 0 Å². The molecular weight excluding hydrogens is 243 g/mol. The summed E-state index contributed by atoms with van der Waals surface area (Å²) in [4.78, 5) is 0. The Bertz CT molecular complexity index is 357. The molecule has 0 unspecified atom stereocenters. The van der Waals surface area contributed by atoms with Crippen LogP contribution < -0.4 is 5.46 Å². The third-order valence-electron chi connectivity index (χ3n) is 1.50. The Balaban J connectivity index is 3.60. The monoisotopic (exact) mass is 244 g/mol. The van der Waals surface area contributed by atoms with Gasteiger partial charge in [0.1, 0.15) is 21.7 Å². The molecule has 0 aliphatic carbocycles. The van der Waals surface area contributed by atoms with Crippen molar-refractivity contribution in [3.63, 3.8) is 0 Å². The maximum absolute atomic E-state index is 13.0. The van der Waals surface area contributed by atoms with Crippen molar-refractivity contribution >= 4 is 35.8 Å². The molecule has 0 bridgehead atoms. The van der Waals surface area contributed by atoms with Gasteiger partial charge in [-0.15, -0.1) is 0 Å². The zero-order valence-corrected chi connectivity index (χ0v) is 7.87. The van der Waals surface area contributed by atoms with Gasteiger partial charge in [0.2, 0.25) is 0 Å². The molecule has 14 heavy (non-hydrogen) atoms. The lowest BCUT2D eigenvalue weighted by molar-refractivity contribution is 0.418. The fourth-order valence-corrected chi connectivity index (χ4v) is 1.29. The molecule has 8 heteroatoms. The van der Waals surface area contributed by atoms with Crippen LogP contribution in [0.2, 0.25) is 10.0 Å². The highest BCUT2D eigenvalue weighted by Gasteiger charge is 2.29. The molecule has 1 aromatic carbocycles. The number of halogens is 5. The molecule has 0 spiro atoms. The van der Waals surface area contributed by atoms with Crippen molar-refractivity contribution in [1.29, 1.82) is 0 Å². The van der Waals surface area contributed by atoms with Gasteiger partial charge in [0.25, 0.3) is 0 Å². The summed E-state index contributed by atoms with van der Waals surface area (Å²) in [6.07, 6.45) is 0. The number of rotatable bonds is 1. The van der Waals surface area contributed by atoms with E-state index in [0.717, 1.165) is 0 Å². The van der Waals surface area contributed by atoms with Gasteiger partial charge in [0.15, 0.2) is 5.82 Å². The summed E-state index contributed by atoms with van der Waals surface area (Å²) in [5.41, 5.74) is -1.18. The van der Waals surface area contributed by atoms with E-state index in [1.54, 1.807) is 0 Å². The van der Waals surface area contributed by atoms with Crippen LogP contribution in [0.3, 0.4) is 0 Å². The van der Waals surface area contributed by atoms with E-state index in [2.05, 4.69) is 0 Å². The van der Waals surface area contributed by atoms with Crippen molar-refractivity contribution in [3.05, 3.63) is 27.5 Å². The SMILES string of the molecule is OB(O)c1c(F)c(Cl)c(F)c(Cl)c1F. The Labute approximate surface area is 87.0 Å². The van der Waals surface area contributed by atoms with Gasteiger partial charge in [-0.25, -0.2) is 13.2 Å². The lowest BCUT2D eigenvalue weighted by Gasteiger charge is -2.07. The van der Waals surface area contributed by atoms with Crippen molar-refractivity contribution in [1.82, 2.24) is 0 Å². The molecule has 1 rings (SSSR count). The molecule has 0 aromatic heterocycles. The van der Waals surface area contributed by atoms with Crippen LogP contribution in [0.5, 0.6) is 0 Å². The van der Waals surface area contributed by atoms with Crippen LogP contribution in [0.25, 0.3) is 0 Å². The van der Waals surface area contributed by atoms with Crippen LogP contribution in [0, 0.1) is 17.5 Å². The van der Waals surface area contributed by atoms with Gasteiger partial charge in [0, 0.05) is 0 Å². The Hall–Kier alpha value is -0.425. The molecule has 0 radical (unpaired) electrons. The minimum absolute atomic E-state index is 1.08. The van der Waals surface area contributed by atoms with E-state index in [4.69, 9.17) is 33.2 Å². The van der Waals surface area contributed by atoms with Crippen molar-refractivity contribution in [2.75, 3.05) is 0 Å². The van der Waals surface area contributed by atoms with E-state index < -0.39 is 40.1 Å². The summed E-state index contributed by atoms with van der Waals surface area (Å²) in [6.45, 7) is 0. The van der Waals surface area contributed by atoms with E-state index in [1.165, 1.54) is 0 Å². The lowest BCUT2D eigenvalue weighted by atomic mass is 9.79. The standard InChI is InChI=1S/C6H2BCl2F3O2/c8-2-4(10)1(7(13)14)5(11)3(9)6(2)12/h13-14H. The molecule has 1 aromatic rings. The molecular formula is C6H2BCl2F3O2. The van der Waals surface area contributed by atoms with E-state index >= 15 is 0 Å². The molecule has 0 aliphatic rings. The predicted molar refractivity (Wildman–Crippen MR) is 46.2 cm³/mol. The van der Waals surface area contributed by atoms with Gasteiger partial charge in [-0.05, 0) is 0 Å². The first-order chi connectivity index (χ1) is 6.37. The average molecular weight is 245 g/mol. The highest BCUT2D eigenvalue weighted by molar-refractivity contribution is 6.59. The molecule has 2 nitrogen and oxygen atoms in total. The maximum Gasteiger partial charge on any atom is 0.494 e. The van der Waals surface area contributed by atoms with Gasteiger partial charge in [-0.2, -0.15) is 0 Å². The normalized spacial score (nSPS) is 10.5. The Morgan fingerprint density at radius 3 is 1.50 bits per heavy atom. The average Bonchev–Trinajstić information content (AvgIpc) is 2.11. The van der Waals surface area contributed by atoms with Crippen LogP contribution >= 0.6 is 23.2 Å². The van der Waals surface area contributed by atoms with Crippen LogP contribution in [0.4, 0.5) is 13.2 Å². The highest BCUT2D eigenvalue weighted by Crippen LogP contribution is 2.26. The van der Waals surface area contributed by atoms with E-state index in [9.17, 15) is 13.2 Å². The van der Waals surface area contributed by atoms with Gasteiger partial charge >= 0.3 is 7.12 Å². The van der Waals surface area contributed by atoms with Gasteiger partial charge in [0.05, 0.1) is 5.46 Å². The third-order valence-corrected chi connectivity index (χ3v) is 2.17. The molecule has 0 fully saturated rings. The second-order valence-corrected chi connectivity index (χ2v) is 3.11. The summed E-state index contributed by atoms with van der Waals surface area (Å²) < 4.78 is 38.7. The molecule has 2 N–H and O–H groups in total. The molecule has 76 valence electrons. The molecule has 0 aliphatic heterocycles. The lowest BCUT2D eigenvalue weighted by Crippen LogP contribution is -2.36. The first kappa shape index (κ1) is 11.6. The van der Waals surface area contributed by atoms with Crippen molar-refractivity contribution in [2.45, 2.75) is 0 Å². The Morgan fingerprint density at radius 1 is 0.857 bits per heavy atom.